The number of nitrogens with zero attached hydrogens (tertiary/aromatic N) is 3. The van der Waals surface area contributed by atoms with Crippen molar-refractivity contribution in [2.24, 2.45) is 0 Å². The highest BCUT2D eigenvalue weighted by Crippen LogP contribution is 2.24. The summed E-state index contributed by atoms with van der Waals surface area (Å²) in [5.74, 6) is 0.163. The number of hydrogen-bond donors (Lipinski definition) is 0. The molecule has 0 fully saturated rings. The summed E-state index contributed by atoms with van der Waals surface area (Å²) in [6.07, 6.45) is 1.76. The molecule has 138 valence electrons. The van der Waals surface area contributed by atoms with Crippen LogP contribution in [0.4, 0.5) is 0 Å². The van der Waals surface area contributed by atoms with Crippen LogP contribution in [0, 0.1) is 6.92 Å². The molecule has 0 aliphatic carbocycles. The molecule has 0 atom stereocenters. The van der Waals surface area contributed by atoms with E-state index in [0.717, 1.165) is 16.8 Å². The average molecular weight is 363 g/mol. The van der Waals surface area contributed by atoms with Crippen LogP contribution in [0.3, 0.4) is 0 Å². The fourth-order valence-electron chi connectivity index (χ4n) is 2.62. The summed E-state index contributed by atoms with van der Waals surface area (Å²) in [4.78, 5) is 12.4. The molecule has 2 aromatic carbocycles. The van der Waals surface area contributed by atoms with Crippen LogP contribution in [0.15, 0.2) is 55.1 Å². The SMILES string of the molecule is C=Cc1ccc(COC(=O)c2nnn(-c3ccccc3OCC)c2C)cc1. The predicted octanol–water partition coefficient (Wildman–Crippen LogP) is 3.97. The van der Waals surface area contributed by atoms with Crippen LogP contribution in [0.5, 0.6) is 5.75 Å². The Morgan fingerprint density at radius 3 is 2.63 bits per heavy atom. The molecule has 0 bridgehead atoms. The zero-order valence-electron chi connectivity index (χ0n) is 15.4. The lowest BCUT2D eigenvalue weighted by molar-refractivity contribution is 0.0464. The second-order valence-corrected chi connectivity index (χ2v) is 5.86. The lowest BCUT2D eigenvalue weighted by Crippen LogP contribution is -2.09. The van der Waals surface area contributed by atoms with Gasteiger partial charge in [0.15, 0.2) is 5.69 Å². The minimum atomic E-state index is -0.513. The van der Waals surface area contributed by atoms with Crippen LogP contribution in [-0.4, -0.2) is 27.6 Å². The van der Waals surface area contributed by atoms with Gasteiger partial charge < -0.3 is 9.47 Å². The van der Waals surface area contributed by atoms with E-state index < -0.39 is 5.97 Å². The van der Waals surface area contributed by atoms with Gasteiger partial charge in [0, 0.05) is 0 Å². The molecule has 6 nitrogen and oxygen atoms in total. The van der Waals surface area contributed by atoms with E-state index in [1.54, 1.807) is 17.7 Å². The summed E-state index contributed by atoms with van der Waals surface area (Å²) < 4.78 is 12.6. The normalized spacial score (nSPS) is 10.4. The van der Waals surface area contributed by atoms with Gasteiger partial charge >= 0.3 is 5.97 Å². The van der Waals surface area contributed by atoms with Crippen molar-refractivity contribution in [2.75, 3.05) is 6.61 Å². The van der Waals surface area contributed by atoms with Gasteiger partial charge in [-0.25, -0.2) is 9.48 Å². The number of aromatic nitrogens is 3. The molecule has 0 spiro atoms. The van der Waals surface area contributed by atoms with Crippen molar-refractivity contribution in [3.05, 3.63) is 77.6 Å². The fourth-order valence-corrected chi connectivity index (χ4v) is 2.62. The highest BCUT2D eigenvalue weighted by Gasteiger charge is 2.20. The third-order valence-corrected chi connectivity index (χ3v) is 4.07. The first-order chi connectivity index (χ1) is 13.1. The van der Waals surface area contributed by atoms with Crippen LogP contribution in [0.25, 0.3) is 11.8 Å². The maximum Gasteiger partial charge on any atom is 0.361 e. The van der Waals surface area contributed by atoms with E-state index in [4.69, 9.17) is 9.47 Å². The van der Waals surface area contributed by atoms with Gasteiger partial charge in [-0.1, -0.05) is 54.3 Å². The van der Waals surface area contributed by atoms with Gasteiger partial charge in [0.1, 0.15) is 18.0 Å². The smallest absolute Gasteiger partial charge is 0.361 e. The van der Waals surface area contributed by atoms with Gasteiger partial charge in [-0.15, -0.1) is 5.10 Å². The van der Waals surface area contributed by atoms with Gasteiger partial charge in [-0.05, 0) is 37.1 Å². The molecule has 1 aromatic heterocycles. The van der Waals surface area contributed by atoms with Crippen LogP contribution in [0.2, 0.25) is 0 Å². The summed E-state index contributed by atoms with van der Waals surface area (Å²) >= 11 is 0. The van der Waals surface area contributed by atoms with Gasteiger partial charge in [-0.2, -0.15) is 0 Å². The maximum absolute atomic E-state index is 12.4. The Labute approximate surface area is 158 Å². The zero-order chi connectivity index (χ0) is 19.2. The van der Waals surface area contributed by atoms with Crippen molar-refractivity contribution in [3.63, 3.8) is 0 Å². The topological polar surface area (TPSA) is 66.2 Å². The molecule has 0 aliphatic rings. The average Bonchev–Trinajstić information content (AvgIpc) is 3.08. The number of carbonyl (C=O) groups is 1. The summed E-state index contributed by atoms with van der Waals surface area (Å²) in [6.45, 7) is 8.10. The van der Waals surface area contributed by atoms with Crippen molar-refractivity contribution in [1.82, 2.24) is 15.0 Å². The van der Waals surface area contributed by atoms with Crippen molar-refractivity contribution >= 4 is 12.0 Å². The second kappa shape index (κ2) is 8.31. The molecule has 6 heteroatoms. The third kappa shape index (κ3) is 4.06. The molecule has 0 radical (unpaired) electrons. The molecule has 0 saturated heterocycles. The predicted molar refractivity (Wildman–Crippen MR) is 103 cm³/mol. The Morgan fingerprint density at radius 1 is 1.19 bits per heavy atom. The molecule has 27 heavy (non-hydrogen) atoms. The molecule has 3 rings (SSSR count). The van der Waals surface area contributed by atoms with Gasteiger partial charge in [0.2, 0.25) is 0 Å². The Bertz CT molecular complexity index is 946. The third-order valence-electron chi connectivity index (χ3n) is 4.07. The lowest BCUT2D eigenvalue weighted by Gasteiger charge is -2.10. The number of benzene rings is 2. The monoisotopic (exact) mass is 363 g/mol. The second-order valence-electron chi connectivity index (χ2n) is 5.86. The molecule has 1 heterocycles. The van der Waals surface area contributed by atoms with E-state index in [2.05, 4.69) is 16.9 Å². The van der Waals surface area contributed by atoms with Gasteiger partial charge in [0.25, 0.3) is 0 Å². The van der Waals surface area contributed by atoms with E-state index in [-0.39, 0.29) is 12.3 Å². The Kier molecular flexibility index (Phi) is 5.66. The molecule has 0 aliphatic heterocycles. The molecule has 0 saturated carbocycles. The maximum atomic E-state index is 12.4. The minimum Gasteiger partial charge on any atom is -0.492 e. The van der Waals surface area contributed by atoms with Crippen molar-refractivity contribution < 1.29 is 14.3 Å². The Balaban J connectivity index is 1.76. The standard InChI is InChI=1S/C21H21N3O3/c1-4-16-10-12-17(13-11-16)14-27-21(25)20-15(3)24(23-22-20)18-8-6-7-9-19(18)26-5-2/h4,6-13H,1,5,14H2,2-3H3. The summed E-state index contributed by atoms with van der Waals surface area (Å²) in [5, 5.41) is 8.10. The molecule has 3 aromatic rings. The van der Waals surface area contributed by atoms with E-state index in [1.165, 1.54) is 0 Å². The number of para-hydroxylation sites is 2. The van der Waals surface area contributed by atoms with Crippen molar-refractivity contribution in [1.29, 1.82) is 0 Å². The van der Waals surface area contributed by atoms with Crippen molar-refractivity contribution in [3.8, 4) is 11.4 Å². The number of esters is 1. The first kappa shape index (κ1) is 18.4. The van der Waals surface area contributed by atoms with Gasteiger partial charge in [-0.3, -0.25) is 0 Å². The summed E-state index contributed by atoms with van der Waals surface area (Å²) in [5.41, 5.74) is 3.40. The highest BCUT2D eigenvalue weighted by atomic mass is 16.5. The molecule has 0 unspecified atom stereocenters. The van der Waals surface area contributed by atoms with Gasteiger partial charge in [0.05, 0.1) is 12.3 Å². The van der Waals surface area contributed by atoms with E-state index in [9.17, 15) is 4.79 Å². The largest absolute Gasteiger partial charge is 0.492 e. The van der Waals surface area contributed by atoms with Crippen LogP contribution >= 0.6 is 0 Å². The van der Waals surface area contributed by atoms with Crippen LogP contribution < -0.4 is 4.74 Å². The highest BCUT2D eigenvalue weighted by molar-refractivity contribution is 5.88. The summed E-state index contributed by atoms with van der Waals surface area (Å²) in [7, 11) is 0. The quantitative estimate of drug-likeness (QED) is 0.594. The number of ether oxygens (including phenoxy) is 2. The Hall–Kier alpha value is -3.41. The number of rotatable bonds is 7. The van der Waals surface area contributed by atoms with E-state index in [1.807, 2.05) is 55.5 Å². The lowest BCUT2D eigenvalue weighted by atomic mass is 10.1. The molecule has 0 amide bonds. The summed E-state index contributed by atoms with van der Waals surface area (Å²) in [6, 6.07) is 15.1. The van der Waals surface area contributed by atoms with Crippen LogP contribution in [0.1, 0.15) is 34.2 Å². The number of hydrogen-bond acceptors (Lipinski definition) is 5. The molecular weight excluding hydrogens is 342 g/mol. The number of carbonyl (C=O) groups excluding carboxylic acids is 1. The molecule has 0 N–H and O–H groups in total. The van der Waals surface area contributed by atoms with Crippen molar-refractivity contribution in [2.45, 2.75) is 20.5 Å². The Morgan fingerprint density at radius 2 is 1.93 bits per heavy atom. The molecular formula is C21H21N3O3. The first-order valence-electron chi connectivity index (χ1n) is 8.67. The fraction of sp³-hybridized carbons (Fsp3) is 0.190. The first-order valence-corrected chi connectivity index (χ1v) is 8.67. The van der Waals surface area contributed by atoms with Crippen LogP contribution in [-0.2, 0) is 11.3 Å². The van der Waals surface area contributed by atoms with E-state index in [0.29, 0.717) is 18.1 Å². The zero-order valence-corrected chi connectivity index (χ0v) is 15.4. The minimum absolute atomic E-state index is 0.165. The van der Waals surface area contributed by atoms with E-state index >= 15 is 0 Å².